The van der Waals surface area contributed by atoms with Crippen LogP contribution in [0.2, 0.25) is 0 Å². The molecule has 1 fully saturated rings. The number of aromatic nitrogens is 2. The van der Waals surface area contributed by atoms with Gasteiger partial charge in [0.25, 0.3) is 0 Å². The van der Waals surface area contributed by atoms with Crippen LogP contribution in [0, 0.1) is 0 Å². The summed E-state index contributed by atoms with van der Waals surface area (Å²) in [4.78, 5) is 14.3. The van der Waals surface area contributed by atoms with Crippen LogP contribution in [0.15, 0.2) is 42.6 Å². The highest BCUT2D eigenvalue weighted by Crippen LogP contribution is 2.23. The Kier molecular flexibility index (Phi) is 6.59. The Morgan fingerprint density at radius 1 is 1.28 bits per heavy atom. The number of carbonyl (C=O) groups excluding carboxylic acids is 1. The third-order valence-corrected chi connectivity index (χ3v) is 5.53. The number of rotatable bonds is 6. The Hall–Kier alpha value is -2.39. The van der Waals surface area contributed by atoms with Crippen molar-refractivity contribution in [1.82, 2.24) is 19.4 Å². The van der Waals surface area contributed by atoms with Gasteiger partial charge in [-0.2, -0.15) is 5.10 Å². The zero-order chi connectivity index (χ0) is 21.0. The minimum absolute atomic E-state index is 0.249. The van der Waals surface area contributed by atoms with Crippen molar-refractivity contribution in [2.75, 3.05) is 12.8 Å². The maximum Gasteiger partial charge on any atom is 0.410 e. The van der Waals surface area contributed by atoms with E-state index < -0.39 is 28.2 Å². The highest BCUT2D eigenvalue weighted by atomic mass is 32.2. The standard InChI is InChI=1S/C20H28N4O4S/c1-15(2)28-20(25)24-12-7-10-18(22-29(3,26)27)19(24)14-23-13-11-17(21-23)16-8-5-4-6-9-16/h4-6,8-9,11,13,15,18-19,22H,7,10,12,14H2,1-3H3/t18-,19-/m0/s1. The molecule has 0 bridgehead atoms. The number of benzene rings is 1. The first-order chi connectivity index (χ1) is 13.7. The van der Waals surface area contributed by atoms with Crippen LogP contribution >= 0.6 is 0 Å². The molecule has 0 spiro atoms. The van der Waals surface area contributed by atoms with Crippen molar-refractivity contribution in [2.24, 2.45) is 0 Å². The molecule has 9 heteroatoms. The summed E-state index contributed by atoms with van der Waals surface area (Å²) in [5.74, 6) is 0. The molecule has 29 heavy (non-hydrogen) atoms. The first kappa shape index (κ1) is 21.3. The molecule has 0 radical (unpaired) electrons. The molecule has 158 valence electrons. The van der Waals surface area contributed by atoms with Crippen molar-refractivity contribution >= 4 is 16.1 Å². The van der Waals surface area contributed by atoms with Crippen molar-refractivity contribution in [2.45, 2.75) is 51.4 Å². The lowest BCUT2D eigenvalue weighted by Gasteiger charge is -2.40. The summed E-state index contributed by atoms with van der Waals surface area (Å²) >= 11 is 0. The molecule has 2 atom stereocenters. The highest BCUT2D eigenvalue weighted by molar-refractivity contribution is 7.88. The average Bonchev–Trinajstić information content (AvgIpc) is 3.10. The van der Waals surface area contributed by atoms with Crippen LogP contribution in [0.5, 0.6) is 0 Å². The molecule has 2 aromatic rings. The summed E-state index contributed by atoms with van der Waals surface area (Å²) in [6.07, 6.45) is 3.65. The Balaban J connectivity index is 1.84. The largest absolute Gasteiger partial charge is 0.447 e. The fraction of sp³-hybridized carbons (Fsp3) is 0.500. The Bertz CT molecular complexity index is 927. The van der Waals surface area contributed by atoms with Crippen molar-refractivity contribution in [3.63, 3.8) is 0 Å². The average molecular weight is 421 g/mol. The highest BCUT2D eigenvalue weighted by Gasteiger charge is 2.37. The molecule has 0 aliphatic carbocycles. The van der Waals surface area contributed by atoms with Crippen molar-refractivity contribution in [3.8, 4) is 11.3 Å². The molecule has 0 saturated carbocycles. The van der Waals surface area contributed by atoms with Crippen LogP contribution < -0.4 is 4.72 Å². The van der Waals surface area contributed by atoms with E-state index in [0.29, 0.717) is 25.9 Å². The maximum absolute atomic E-state index is 12.6. The van der Waals surface area contributed by atoms with E-state index in [-0.39, 0.29) is 6.10 Å². The summed E-state index contributed by atoms with van der Waals surface area (Å²) in [6, 6.07) is 10.9. The fourth-order valence-electron chi connectivity index (χ4n) is 3.61. The number of nitrogens with one attached hydrogen (secondary N) is 1. The number of piperidine rings is 1. The lowest BCUT2D eigenvalue weighted by atomic mass is 9.97. The topological polar surface area (TPSA) is 93.5 Å². The second-order valence-electron chi connectivity index (χ2n) is 7.62. The zero-order valence-electron chi connectivity index (χ0n) is 17.0. The number of carbonyl (C=O) groups is 1. The van der Waals surface area contributed by atoms with Gasteiger partial charge in [0.2, 0.25) is 10.0 Å². The molecule has 1 aliphatic rings. The Morgan fingerprint density at radius 3 is 2.66 bits per heavy atom. The van der Waals surface area contributed by atoms with Gasteiger partial charge in [-0.1, -0.05) is 30.3 Å². The van der Waals surface area contributed by atoms with Crippen molar-refractivity contribution < 1.29 is 17.9 Å². The van der Waals surface area contributed by atoms with Gasteiger partial charge in [0.05, 0.1) is 30.6 Å². The summed E-state index contributed by atoms with van der Waals surface area (Å²) in [5, 5.41) is 4.62. The molecular weight excluding hydrogens is 392 g/mol. The molecular formula is C20H28N4O4S. The van der Waals surface area contributed by atoms with Crippen LogP contribution in [0.4, 0.5) is 4.79 Å². The molecule has 1 aromatic carbocycles. The summed E-state index contributed by atoms with van der Waals surface area (Å²) in [5.41, 5.74) is 1.82. The van der Waals surface area contributed by atoms with E-state index in [1.165, 1.54) is 0 Å². The van der Waals surface area contributed by atoms with E-state index in [2.05, 4.69) is 9.82 Å². The number of amides is 1. The van der Waals surface area contributed by atoms with E-state index in [1.807, 2.05) is 42.6 Å². The van der Waals surface area contributed by atoms with Gasteiger partial charge in [-0.3, -0.25) is 4.68 Å². The first-order valence-corrected chi connectivity index (χ1v) is 11.7. The SMILES string of the molecule is CC(C)OC(=O)N1CCC[C@H](NS(C)(=O)=O)[C@@H]1Cn1ccc(-c2ccccc2)n1. The third-order valence-electron chi connectivity index (χ3n) is 4.80. The lowest BCUT2D eigenvalue weighted by Crippen LogP contribution is -2.58. The Labute approximate surface area is 171 Å². The van der Waals surface area contributed by atoms with Crippen LogP contribution in [0.25, 0.3) is 11.3 Å². The van der Waals surface area contributed by atoms with Crippen LogP contribution in [0.1, 0.15) is 26.7 Å². The minimum Gasteiger partial charge on any atom is -0.447 e. The van der Waals surface area contributed by atoms with Gasteiger partial charge in [-0.25, -0.2) is 17.9 Å². The van der Waals surface area contributed by atoms with Gasteiger partial charge >= 0.3 is 6.09 Å². The molecule has 1 amide bonds. The van der Waals surface area contributed by atoms with Gasteiger partial charge in [-0.15, -0.1) is 0 Å². The van der Waals surface area contributed by atoms with E-state index >= 15 is 0 Å². The summed E-state index contributed by atoms with van der Waals surface area (Å²) < 4.78 is 33.6. The first-order valence-electron chi connectivity index (χ1n) is 9.76. The van der Waals surface area contributed by atoms with Gasteiger partial charge in [-0.05, 0) is 32.8 Å². The van der Waals surface area contributed by atoms with Crippen molar-refractivity contribution in [3.05, 3.63) is 42.6 Å². The Morgan fingerprint density at radius 2 is 2.00 bits per heavy atom. The maximum atomic E-state index is 12.6. The number of likely N-dealkylation sites (tertiary alicyclic amines) is 1. The minimum atomic E-state index is -3.42. The molecule has 1 aliphatic heterocycles. The molecule has 2 heterocycles. The van der Waals surface area contributed by atoms with E-state index in [1.54, 1.807) is 23.4 Å². The number of nitrogens with zero attached hydrogens (tertiary/aromatic N) is 3. The number of hydrogen-bond donors (Lipinski definition) is 1. The van der Waals surface area contributed by atoms with Gasteiger partial charge in [0.15, 0.2) is 0 Å². The molecule has 0 unspecified atom stereocenters. The van der Waals surface area contributed by atoms with Gasteiger partial charge in [0, 0.05) is 24.3 Å². The van der Waals surface area contributed by atoms with Gasteiger partial charge in [0.1, 0.15) is 0 Å². The number of hydrogen-bond acceptors (Lipinski definition) is 5. The molecule has 1 N–H and O–H groups in total. The zero-order valence-corrected chi connectivity index (χ0v) is 17.8. The second-order valence-corrected chi connectivity index (χ2v) is 9.40. The molecule has 3 rings (SSSR count). The summed E-state index contributed by atoms with van der Waals surface area (Å²) in [7, 11) is -3.42. The van der Waals surface area contributed by atoms with E-state index in [4.69, 9.17) is 4.74 Å². The normalized spacial score (nSPS) is 20.1. The molecule has 1 aromatic heterocycles. The number of ether oxygens (including phenoxy) is 1. The number of sulfonamides is 1. The quantitative estimate of drug-likeness (QED) is 0.775. The van der Waals surface area contributed by atoms with Crippen LogP contribution in [0.3, 0.4) is 0 Å². The lowest BCUT2D eigenvalue weighted by molar-refractivity contribution is 0.0411. The molecule has 8 nitrogen and oxygen atoms in total. The van der Waals surface area contributed by atoms with Crippen molar-refractivity contribution in [1.29, 1.82) is 0 Å². The summed E-state index contributed by atoms with van der Waals surface area (Å²) in [6.45, 7) is 4.48. The second kappa shape index (κ2) is 8.96. The van der Waals surface area contributed by atoms with E-state index in [0.717, 1.165) is 17.5 Å². The smallest absolute Gasteiger partial charge is 0.410 e. The third kappa shape index (κ3) is 5.80. The monoisotopic (exact) mass is 420 g/mol. The molecule has 1 saturated heterocycles. The predicted molar refractivity (Wildman–Crippen MR) is 111 cm³/mol. The van der Waals surface area contributed by atoms with Crippen LogP contribution in [-0.2, 0) is 21.3 Å². The van der Waals surface area contributed by atoms with E-state index in [9.17, 15) is 13.2 Å². The van der Waals surface area contributed by atoms with Crippen LogP contribution in [-0.4, -0.2) is 60.2 Å². The van der Waals surface area contributed by atoms with Gasteiger partial charge < -0.3 is 9.64 Å². The predicted octanol–water partition coefficient (Wildman–Crippen LogP) is 2.48. The fourth-order valence-corrected chi connectivity index (χ4v) is 4.43.